The molecule has 124 valence electrons. The fourth-order valence-electron chi connectivity index (χ4n) is 2.33. The van der Waals surface area contributed by atoms with E-state index in [1.54, 1.807) is 6.21 Å². The highest BCUT2D eigenvalue weighted by molar-refractivity contribution is 7.73. The first-order chi connectivity index (χ1) is 11.6. The molecule has 24 heavy (non-hydrogen) atoms. The fraction of sp³-hybridized carbons (Fsp3) is 0.235. The molecule has 2 aromatic rings. The van der Waals surface area contributed by atoms with Crippen molar-refractivity contribution < 1.29 is 14.6 Å². The number of para-hydroxylation sites is 1. The van der Waals surface area contributed by atoms with Crippen LogP contribution in [0.4, 0.5) is 5.69 Å². The molecule has 1 aliphatic rings. The number of thiazole rings is 1. The van der Waals surface area contributed by atoms with Gasteiger partial charge in [-0.1, -0.05) is 25.1 Å². The Labute approximate surface area is 148 Å². The number of esters is 1. The zero-order valence-corrected chi connectivity index (χ0v) is 14.7. The number of ether oxygens (including phenoxy) is 1. The highest BCUT2D eigenvalue weighted by Crippen LogP contribution is 2.35. The van der Waals surface area contributed by atoms with E-state index in [-0.39, 0.29) is 12.4 Å². The Morgan fingerprint density at radius 2 is 2.25 bits per heavy atom. The topological polar surface area (TPSA) is 63.8 Å². The average Bonchev–Trinajstić information content (AvgIpc) is 3.10. The van der Waals surface area contributed by atoms with Crippen LogP contribution in [-0.4, -0.2) is 28.5 Å². The van der Waals surface area contributed by atoms with Gasteiger partial charge in [0.1, 0.15) is 6.54 Å². The van der Waals surface area contributed by atoms with Crippen LogP contribution in [0, 0.1) is 3.95 Å². The van der Waals surface area contributed by atoms with Crippen LogP contribution >= 0.6 is 23.6 Å². The summed E-state index contributed by atoms with van der Waals surface area (Å²) in [5.41, 5.74) is 2.80. The highest BCUT2D eigenvalue weighted by atomic mass is 32.1. The zero-order chi connectivity index (χ0) is 17.1. The molecule has 5 nitrogen and oxygen atoms in total. The molecule has 0 bridgehead atoms. The summed E-state index contributed by atoms with van der Waals surface area (Å²) in [6, 6.07) is 7.78. The lowest BCUT2D eigenvalue weighted by molar-refractivity contribution is -0.144. The van der Waals surface area contributed by atoms with Crippen molar-refractivity contribution in [3.8, 4) is 5.88 Å². The van der Waals surface area contributed by atoms with Gasteiger partial charge in [-0.2, -0.15) is 0 Å². The first-order valence-corrected chi connectivity index (χ1v) is 8.76. The van der Waals surface area contributed by atoms with Gasteiger partial charge >= 0.3 is 5.97 Å². The van der Waals surface area contributed by atoms with Crippen LogP contribution < -0.4 is 0 Å². The minimum Gasteiger partial charge on any atom is -0.493 e. The number of allylic oxidation sites excluding steroid dienone is 1. The van der Waals surface area contributed by atoms with Gasteiger partial charge in [-0.05, 0) is 30.8 Å². The Hall–Kier alpha value is -2.25. The van der Waals surface area contributed by atoms with Crippen molar-refractivity contribution >= 4 is 53.1 Å². The molecule has 1 aliphatic heterocycles. The highest BCUT2D eigenvalue weighted by Gasteiger charge is 2.17. The van der Waals surface area contributed by atoms with Gasteiger partial charge in [0, 0.05) is 17.4 Å². The van der Waals surface area contributed by atoms with Gasteiger partial charge in [0.25, 0.3) is 0 Å². The predicted molar refractivity (Wildman–Crippen MR) is 98.5 cm³/mol. The summed E-state index contributed by atoms with van der Waals surface area (Å²) in [7, 11) is 0. The van der Waals surface area contributed by atoms with Gasteiger partial charge in [-0.15, -0.1) is 11.3 Å². The molecule has 0 radical (unpaired) electrons. The SMILES string of the molecule is CCCOC(=O)Cn1c(O)c(/C=C2\C=Nc3ccccc32)sc1=S. The lowest BCUT2D eigenvalue weighted by atomic mass is 10.1. The number of aliphatic imine (C=N–C) groups is 1. The largest absolute Gasteiger partial charge is 0.493 e. The molecule has 0 atom stereocenters. The van der Waals surface area contributed by atoms with Crippen LogP contribution in [0.5, 0.6) is 5.88 Å². The third kappa shape index (κ3) is 3.32. The molecule has 0 aliphatic carbocycles. The average molecular weight is 360 g/mol. The number of rotatable bonds is 5. The van der Waals surface area contributed by atoms with E-state index in [1.807, 2.05) is 37.3 Å². The maximum atomic E-state index is 11.8. The summed E-state index contributed by atoms with van der Waals surface area (Å²) >= 11 is 6.51. The van der Waals surface area contributed by atoms with Crippen LogP contribution in [0.2, 0.25) is 0 Å². The van der Waals surface area contributed by atoms with Gasteiger partial charge in [0.05, 0.1) is 17.2 Å². The number of carbonyl (C=O) groups excluding carboxylic acids is 1. The maximum absolute atomic E-state index is 11.8. The predicted octanol–water partition coefficient (Wildman–Crippen LogP) is 4.19. The summed E-state index contributed by atoms with van der Waals surface area (Å²) in [5, 5.41) is 10.4. The van der Waals surface area contributed by atoms with Gasteiger partial charge in [-0.25, -0.2) is 0 Å². The monoisotopic (exact) mass is 360 g/mol. The van der Waals surface area contributed by atoms with Crippen LogP contribution in [-0.2, 0) is 16.1 Å². The van der Waals surface area contributed by atoms with Crippen molar-refractivity contribution in [3.05, 3.63) is 38.7 Å². The molecule has 1 N–H and O–H groups in total. The Morgan fingerprint density at radius 1 is 1.46 bits per heavy atom. The van der Waals surface area contributed by atoms with Crippen molar-refractivity contribution in [1.29, 1.82) is 0 Å². The van der Waals surface area contributed by atoms with E-state index in [2.05, 4.69) is 4.99 Å². The zero-order valence-electron chi connectivity index (χ0n) is 13.1. The molecule has 1 aromatic heterocycles. The number of carbonyl (C=O) groups is 1. The molecule has 0 unspecified atom stereocenters. The maximum Gasteiger partial charge on any atom is 0.326 e. The molecule has 0 fully saturated rings. The third-order valence-electron chi connectivity index (χ3n) is 3.49. The molecule has 1 aromatic carbocycles. The summed E-state index contributed by atoms with van der Waals surface area (Å²) < 4.78 is 6.86. The van der Waals surface area contributed by atoms with Gasteiger partial charge < -0.3 is 9.84 Å². The molecule has 3 rings (SSSR count). The minimum absolute atomic E-state index is 0.0243. The summed E-state index contributed by atoms with van der Waals surface area (Å²) in [6.45, 7) is 2.20. The van der Waals surface area contributed by atoms with E-state index >= 15 is 0 Å². The quantitative estimate of drug-likeness (QED) is 0.641. The van der Waals surface area contributed by atoms with Gasteiger partial charge in [0.2, 0.25) is 5.88 Å². The second kappa shape index (κ2) is 7.11. The number of fused-ring (bicyclic) bond motifs is 1. The molecular weight excluding hydrogens is 344 g/mol. The van der Waals surface area contributed by atoms with Crippen LogP contribution in [0.3, 0.4) is 0 Å². The second-order valence-corrected chi connectivity index (χ2v) is 6.91. The van der Waals surface area contributed by atoms with Crippen molar-refractivity contribution in [3.63, 3.8) is 0 Å². The molecule has 0 spiro atoms. The molecule has 0 saturated heterocycles. The van der Waals surface area contributed by atoms with E-state index < -0.39 is 5.97 Å². The number of benzene rings is 1. The van der Waals surface area contributed by atoms with E-state index in [4.69, 9.17) is 17.0 Å². The standard InChI is InChI=1S/C17H16N2O3S2/c1-2-7-22-15(20)10-19-16(21)14(24-17(19)23)8-11-9-18-13-6-4-3-5-12(11)13/h3-6,8-9,21H,2,7,10H2,1H3/b11-8+. The van der Waals surface area contributed by atoms with Crippen molar-refractivity contribution in [1.82, 2.24) is 4.57 Å². The van der Waals surface area contributed by atoms with Crippen molar-refractivity contribution in [2.45, 2.75) is 19.9 Å². The first kappa shape index (κ1) is 16.6. The van der Waals surface area contributed by atoms with Gasteiger partial charge in [-0.3, -0.25) is 14.4 Å². The number of aromatic nitrogens is 1. The lowest BCUT2D eigenvalue weighted by Gasteiger charge is -2.05. The van der Waals surface area contributed by atoms with Crippen LogP contribution in [0.15, 0.2) is 29.3 Å². The minimum atomic E-state index is -0.409. The molecule has 7 heteroatoms. The third-order valence-corrected chi connectivity index (χ3v) is 4.88. The number of hydrogen-bond acceptors (Lipinski definition) is 6. The number of nitrogens with zero attached hydrogens (tertiary/aromatic N) is 2. The normalized spacial score (nSPS) is 14.1. The number of hydrogen-bond donors (Lipinski definition) is 1. The van der Waals surface area contributed by atoms with E-state index in [9.17, 15) is 9.90 Å². The van der Waals surface area contributed by atoms with Crippen molar-refractivity contribution in [2.24, 2.45) is 4.99 Å². The molecular formula is C17H16N2O3S2. The Bertz CT molecular complexity index is 893. The summed E-state index contributed by atoms with van der Waals surface area (Å²) in [5.74, 6) is -0.434. The Balaban J connectivity index is 1.88. The fourth-order valence-corrected chi connectivity index (χ4v) is 3.59. The van der Waals surface area contributed by atoms with Crippen LogP contribution in [0.1, 0.15) is 23.8 Å². The molecule has 0 amide bonds. The summed E-state index contributed by atoms with van der Waals surface area (Å²) in [6.07, 6.45) is 4.34. The lowest BCUT2D eigenvalue weighted by Crippen LogP contribution is -2.13. The Morgan fingerprint density at radius 3 is 3.04 bits per heavy atom. The smallest absolute Gasteiger partial charge is 0.326 e. The Kier molecular flexibility index (Phi) is 4.92. The van der Waals surface area contributed by atoms with E-state index in [1.165, 1.54) is 15.9 Å². The van der Waals surface area contributed by atoms with E-state index in [0.717, 1.165) is 23.2 Å². The molecule has 2 heterocycles. The van der Waals surface area contributed by atoms with Crippen LogP contribution in [0.25, 0.3) is 11.6 Å². The number of aromatic hydroxyl groups is 1. The van der Waals surface area contributed by atoms with Gasteiger partial charge in [0.15, 0.2) is 3.95 Å². The first-order valence-electron chi connectivity index (χ1n) is 7.53. The molecule has 0 saturated carbocycles. The second-order valence-electron chi connectivity index (χ2n) is 5.24. The van der Waals surface area contributed by atoms with Crippen molar-refractivity contribution in [2.75, 3.05) is 6.61 Å². The van der Waals surface area contributed by atoms with E-state index in [0.29, 0.717) is 15.4 Å². The summed E-state index contributed by atoms with van der Waals surface area (Å²) in [4.78, 5) is 16.7.